The van der Waals surface area contributed by atoms with Crippen molar-refractivity contribution < 1.29 is 14.3 Å². The first-order valence-corrected chi connectivity index (χ1v) is 8.07. The molecule has 1 saturated heterocycles. The van der Waals surface area contributed by atoms with Gasteiger partial charge in [0.05, 0.1) is 25.3 Å². The lowest BCUT2D eigenvalue weighted by Crippen LogP contribution is -2.62. The summed E-state index contributed by atoms with van der Waals surface area (Å²) in [5.74, 6) is 0.173. The fourth-order valence-electron chi connectivity index (χ4n) is 2.88. The summed E-state index contributed by atoms with van der Waals surface area (Å²) in [6.07, 6.45) is 0.428. The van der Waals surface area contributed by atoms with E-state index in [-0.39, 0.29) is 5.91 Å². The fourth-order valence-corrected chi connectivity index (χ4v) is 2.88. The summed E-state index contributed by atoms with van der Waals surface area (Å²) in [7, 11) is 3.42. The number of aromatic amines is 1. The van der Waals surface area contributed by atoms with E-state index in [0.717, 1.165) is 43.1 Å². The first-order chi connectivity index (χ1) is 11.1. The summed E-state index contributed by atoms with van der Waals surface area (Å²) in [4.78, 5) is 16.7. The van der Waals surface area contributed by atoms with E-state index in [4.69, 9.17) is 9.47 Å². The SMILES string of the molecule is COCCN(CCOC)C1CN(C(=O)Cc2c(C)n[nH]c2C)C1. The molecule has 0 atom stereocenters. The molecule has 1 fully saturated rings. The molecule has 2 rings (SSSR count). The lowest BCUT2D eigenvalue weighted by Gasteiger charge is -2.45. The fraction of sp³-hybridized carbons (Fsp3) is 0.750. The minimum absolute atomic E-state index is 0.173. The number of likely N-dealkylation sites (tertiary alicyclic amines) is 1. The summed E-state index contributed by atoms with van der Waals surface area (Å²) in [5, 5.41) is 7.09. The minimum Gasteiger partial charge on any atom is -0.383 e. The van der Waals surface area contributed by atoms with Crippen LogP contribution in [-0.4, -0.2) is 85.6 Å². The molecule has 0 unspecified atom stereocenters. The third-order valence-corrected chi connectivity index (χ3v) is 4.51. The number of nitrogens with zero attached hydrogens (tertiary/aromatic N) is 3. The van der Waals surface area contributed by atoms with Crippen molar-refractivity contribution in [2.75, 3.05) is 53.6 Å². The zero-order valence-electron chi connectivity index (χ0n) is 14.6. The van der Waals surface area contributed by atoms with Crippen LogP contribution in [0, 0.1) is 13.8 Å². The normalized spacial score (nSPS) is 15.3. The highest BCUT2D eigenvalue weighted by Crippen LogP contribution is 2.18. The zero-order valence-corrected chi connectivity index (χ0v) is 14.6. The Bertz CT molecular complexity index is 484. The summed E-state index contributed by atoms with van der Waals surface area (Å²) >= 11 is 0. The number of amides is 1. The standard InChI is InChI=1S/C16H28N4O3/c1-12-15(13(2)18-17-12)9-16(21)20-10-14(11-20)19(5-7-22-3)6-8-23-4/h14H,5-11H2,1-4H3,(H,17,18). The van der Waals surface area contributed by atoms with Gasteiger partial charge in [-0.2, -0.15) is 5.10 Å². The van der Waals surface area contributed by atoms with Crippen LogP contribution in [0.5, 0.6) is 0 Å². The molecule has 0 aromatic carbocycles. The number of hydrogen-bond donors (Lipinski definition) is 1. The van der Waals surface area contributed by atoms with E-state index in [0.29, 0.717) is 25.7 Å². The molecule has 0 saturated carbocycles. The van der Waals surface area contributed by atoms with Crippen molar-refractivity contribution in [1.82, 2.24) is 20.0 Å². The molecule has 1 amide bonds. The van der Waals surface area contributed by atoms with Crippen LogP contribution in [0.25, 0.3) is 0 Å². The molecular weight excluding hydrogens is 296 g/mol. The second-order valence-corrected chi connectivity index (χ2v) is 6.06. The summed E-state index contributed by atoms with van der Waals surface area (Å²) in [6.45, 7) is 8.58. The lowest BCUT2D eigenvalue weighted by atomic mass is 10.0. The Morgan fingerprint density at radius 2 is 1.87 bits per heavy atom. The number of hydrogen-bond acceptors (Lipinski definition) is 5. The molecule has 1 aromatic heterocycles. The van der Waals surface area contributed by atoms with Crippen LogP contribution in [0.15, 0.2) is 0 Å². The van der Waals surface area contributed by atoms with Gasteiger partial charge >= 0.3 is 0 Å². The number of carbonyl (C=O) groups is 1. The number of nitrogens with one attached hydrogen (secondary N) is 1. The number of H-pyrrole nitrogens is 1. The van der Waals surface area contributed by atoms with Crippen molar-refractivity contribution in [2.24, 2.45) is 0 Å². The summed E-state index contributed by atoms with van der Waals surface area (Å²) < 4.78 is 10.3. The van der Waals surface area contributed by atoms with E-state index in [1.807, 2.05) is 18.7 Å². The topological polar surface area (TPSA) is 70.7 Å². The number of ether oxygens (including phenoxy) is 2. The van der Waals surface area contributed by atoms with E-state index in [9.17, 15) is 4.79 Å². The Balaban J connectivity index is 1.82. The molecule has 0 radical (unpaired) electrons. The Kier molecular flexibility index (Phi) is 6.56. The van der Waals surface area contributed by atoms with Crippen molar-refractivity contribution in [3.63, 3.8) is 0 Å². The number of aromatic nitrogens is 2. The summed E-state index contributed by atoms with van der Waals surface area (Å²) in [5.41, 5.74) is 2.92. The first kappa shape index (κ1) is 17.9. The van der Waals surface area contributed by atoms with E-state index >= 15 is 0 Å². The van der Waals surface area contributed by atoms with Crippen molar-refractivity contribution >= 4 is 5.91 Å². The van der Waals surface area contributed by atoms with Gasteiger partial charge in [-0.25, -0.2) is 0 Å². The largest absolute Gasteiger partial charge is 0.383 e. The predicted octanol–water partition coefficient (Wildman–Crippen LogP) is 0.375. The van der Waals surface area contributed by atoms with E-state index in [2.05, 4.69) is 15.1 Å². The van der Waals surface area contributed by atoms with Crippen LogP contribution in [-0.2, 0) is 20.7 Å². The van der Waals surface area contributed by atoms with Gasteiger partial charge in [-0.05, 0) is 13.8 Å². The highest BCUT2D eigenvalue weighted by molar-refractivity contribution is 5.80. The quantitative estimate of drug-likeness (QED) is 0.711. The second-order valence-electron chi connectivity index (χ2n) is 6.06. The smallest absolute Gasteiger partial charge is 0.227 e. The number of rotatable bonds is 9. The van der Waals surface area contributed by atoms with Gasteiger partial charge in [0.25, 0.3) is 0 Å². The minimum atomic E-state index is 0.173. The van der Waals surface area contributed by atoms with Crippen LogP contribution in [0.2, 0.25) is 0 Å². The molecule has 1 aliphatic rings. The number of aryl methyl sites for hydroxylation is 2. The molecule has 7 nitrogen and oxygen atoms in total. The average Bonchev–Trinajstić information content (AvgIpc) is 2.79. The first-order valence-electron chi connectivity index (χ1n) is 8.07. The van der Waals surface area contributed by atoms with Gasteiger partial charge in [0.2, 0.25) is 5.91 Å². The molecule has 2 heterocycles. The number of methoxy groups -OCH3 is 2. The highest BCUT2D eigenvalue weighted by Gasteiger charge is 2.34. The molecular formula is C16H28N4O3. The molecule has 23 heavy (non-hydrogen) atoms. The van der Waals surface area contributed by atoms with Gasteiger partial charge in [0.15, 0.2) is 0 Å². The van der Waals surface area contributed by atoms with Crippen LogP contribution >= 0.6 is 0 Å². The zero-order chi connectivity index (χ0) is 16.8. The van der Waals surface area contributed by atoms with Crippen molar-refractivity contribution in [3.8, 4) is 0 Å². The highest BCUT2D eigenvalue weighted by atomic mass is 16.5. The van der Waals surface area contributed by atoms with E-state index < -0.39 is 0 Å². The van der Waals surface area contributed by atoms with Crippen molar-refractivity contribution in [1.29, 1.82) is 0 Å². The Hall–Kier alpha value is -1.44. The van der Waals surface area contributed by atoms with Gasteiger partial charge in [0.1, 0.15) is 0 Å². The average molecular weight is 324 g/mol. The number of carbonyl (C=O) groups excluding carboxylic acids is 1. The third kappa shape index (κ3) is 4.53. The molecule has 0 bridgehead atoms. The monoisotopic (exact) mass is 324 g/mol. The van der Waals surface area contributed by atoms with Gasteiger partial charge in [-0.15, -0.1) is 0 Å². The lowest BCUT2D eigenvalue weighted by molar-refractivity contribution is -0.138. The van der Waals surface area contributed by atoms with Crippen LogP contribution in [0.3, 0.4) is 0 Å². The van der Waals surface area contributed by atoms with Gasteiger partial charge in [-0.1, -0.05) is 0 Å². The Morgan fingerprint density at radius 1 is 1.26 bits per heavy atom. The summed E-state index contributed by atoms with van der Waals surface area (Å²) in [6, 6.07) is 0.399. The van der Waals surface area contributed by atoms with Crippen LogP contribution < -0.4 is 0 Å². The van der Waals surface area contributed by atoms with E-state index in [1.165, 1.54) is 0 Å². The second kappa shape index (κ2) is 8.42. The van der Waals surface area contributed by atoms with Crippen LogP contribution in [0.1, 0.15) is 17.0 Å². The van der Waals surface area contributed by atoms with Crippen LogP contribution in [0.4, 0.5) is 0 Å². The molecule has 7 heteroatoms. The molecule has 1 aliphatic heterocycles. The maximum Gasteiger partial charge on any atom is 0.227 e. The molecule has 0 aliphatic carbocycles. The molecule has 1 aromatic rings. The van der Waals surface area contributed by atoms with E-state index in [1.54, 1.807) is 14.2 Å². The third-order valence-electron chi connectivity index (χ3n) is 4.51. The van der Waals surface area contributed by atoms with Gasteiger partial charge < -0.3 is 14.4 Å². The Morgan fingerprint density at radius 3 is 2.35 bits per heavy atom. The van der Waals surface area contributed by atoms with Gasteiger partial charge in [0, 0.05) is 57.7 Å². The van der Waals surface area contributed by atoms with Crippen molar-refractivity contribution in [3.05, 3.63) is 17.0 Å². The predicted molar refractivity (Wildman–Crippen MR) is 87.5 cm³/mol. The maximum atomic E-state index is 12.4. The molecule has 130 valence electrons. The Labute approximate surface area is 137 Å². The van der Waals surface area contributed by atoms with Crippen molar-refractivity contribution in [2.45, 2.75) is 26.3 Å². The molecule has 0 spiro atoms. The van der Waals surface area contributed by atoms with Gasteiger partial charge in [-0.3, -0.25) is 14.8 Å². The maximum absolute atomic E-state index is 12.4. The molecule has 1 N–H and O–H groups in total.